The number of hydrogen-bond acceptors (Lipinski definition) is 5. The van der Waals surface area contributed by atoms with Gasteiger partial charge in [-0.05, 0) is 12.1 Å². The fourth-order valence-electron chi connectivity index (χ4n) is 1.81. The summed E-state index contributed by atoms with van der Waals surface area (Å²) in [5.74, 6) is 1.84. The van der Waals surface area contributed by atoms with Gasteiger partial charge in [0.2, 0.25) is 5.82 Å². The van der Waals surface area contributed by atoms with Crippen LogP contribution < -0.4 is 14.8 Å². The van der Waals surface area contributed by atoms with Crippen molar-refractivity contribution in [3.05, 3.63) is 35.4 Å². The molecule has 2 N–H and O–H groups in total. The molecule has 1 aromatic heterocycles. The van der Waals surface area contributed by atoms with Gasteiger partial charge in [-0.15, -0.1) is 5.10 Å². The minimum atomic E-state index is -0.330. The normalized spacial score (nSPS) is 10.2. The van der Waals surface area contributed by atoms with Gasteiger partial charge in [0.15, 0.2) is 0 Å². The number of hydrogen-bond donors (Lipinski definition) is 2. The summed E-state index contributed by atoms with van der Waals surface area (Å²) in [5.41, 5.74) is 0.845. The van der Waals surface area contributed by atoms with E-state index in [1.807, 2.05) is 19.1 Å². The lowest BCUT2D eigenvalue weighted by Gasteiger charge is -2.10. The number of aromatic nitrogens is 3. The molecule has 7 nitrogen and oxygen atoms in total. The van der Waals surface area contributed by atoms with Gasteiger partial charge in [0, 0.05) is 24.6 Å². The molecule has 0 radical (unpaired) electrons. The predicted molar refractivity (Wildman–Crippen MR) is 76.5 cm³/mol. The van der Waals surface area contributed by atoms with Crippen LogP contribution in [0.1, 0.15) is 28.9 Å². The van der Waals surface area contributed by atoms with E-state index in [1.165, 1.54) is 0 Å². The largest absolute Gasteiger partial charge is 0.497 e. The summed E-state index contributed by atoms with van der Waals surface area (Å²) in [6, 6.07) is 5.42. The van der Waals surface area contributed by atoms with Gasteiger partial charge in [0.05, 0.1) is 14.2 Å². The fraction of sp³-hybridized carbons (Fsp3) is 0.357. The fourth-order valence-corrected chi connectivity index (χ4v) is 1.81. The molecule has 1 amide bonds. The summed E-state index contributed by atoms with van der Waals surface area (Å²) in [4.78, 5) is 16.0. The summed E-state index contributed by atoms with van der Waals surface area (Å²) in [5, 5.41) is 9.34. The van der Waals surface area contributed by atoms with E-state index in [9.17, 15) is 4.79 Å². The smallest absolute Gasteiger partial charge is 0.291 e. The Morgan fingerprint density at radius 1 is 1.33 bits per heavy atom. The van der Waals surface area contributed by atoms with E-state index in [0.29, 0.717) is 30.3 Å². The number of methoxy groups -OCH3 is 2. The number of carbonyl (C=O) groups is 1. The highest BCUT2D eigenvalue weighted by Gasteiger charge is 2.13. The molecule has 0 saturated heterocycles. The second kappa shape index (κ2) is 6.74. The van der Waals surface area contributed by atoms with Gasteiger partial charge < -0.3 is 14.8 Å². The summed E-state index contributed by atoms with van der Waals surface area (Å²) in [6.45, 7) is 2.26. The van der Waals surface area contributed by atoms with Crippen LogP contribution >= 0.6 is 0 Å². The number of rotatable bonds is 6. The Morgan fingerprint density at radius 2 is 2.14 bits per heavy atom. The van der Waals surface area contributed by atoms with Gasteiger partial charge in [0.1, 0.15) is 17.3 Å². The molecular formula is C14H18N4O3. The van der Waals surface area contributed by atoms with Gasteiger partial charge in [-0.25, -0.2) is 4.98 Å². The third-order valence-electron chi connectivity index (χ3n) is 3.00. The number of benzene rings is 1. The highest BCUT2D eigenvalue weighted by Crippen LogP contribution is 2.24. The van der Waals surface area contributed by atoms with Crippen molar-refractivity contribution < 1.29 is 14.3 Å². The second-order valence-corrected chi connectivity index (χ2v) is 4.32. The molecule has 2 aromatic rings. The Bertz CT molecular complexity index is 624. The first kappa shape index (κ1) is 14.8. The first-order valence-corrected chi connectivity index (χ1v) is 6.58. The molecule has 0 aliphatic heterocycles. The lowest BCUT2D eigenvalue weighted by atomic mass is 10.2. The Kier molecular flexibility index (Phi) is 4.76. The number of nitrogens with one attached hydrogen (secondary N) is 2. The van der Waals surface area contributed by atoms with Crippen LogP contribution in [0, 0.1) is 0 Å². The van der Waals surface area contributed by atoms with Crippen molar-refractivity contribution in [2.45, 2.75) is 19.9 Å². The Hall–Kier alpha value is -2.57. The second-order valence-electron chi connectivity index (χ2n) is 4.32. The van der Waals surface area contributed by atoms with Crippen LogP contribution in [0.2, 0.25) is 0 Å². The monoisotopic (exact) mass is 290 g/mol. The van der Waals surface area contributed by atoms with Crippen molar-refractivity contribution in [1.82, 2.24) is 20.5 Å². The summed E-state index contributed by atoms with van der Waals surface area (Å²) in [6.07, 6.45) is 0.701. The molecular weight excluding hydrogens is 272 g/mol. The number of carbonyl (C=O) groups excluding carboxylic acids is 1. The van der Waals surface area contributed by atoms with Crippen LogP contribution in [-0.2, 0) is 13.0 Å². The van der Waals surface area contributed by atoms with Crippen molar-refractivity contribution in [1.29, 1.82) is 0 Å². The number of amides is 1. The molecule has 0 aliphatic rings. The number of nitrogens with zero attached hydrogens (tertiary/aromatic N) is 2. The first-order chi connectivity index (χ1) is 10.2. The average Bonchev–Trinajstić information content (AvgIpc) is 3.01. The molecule has 0 unspecified atom stereocenters. The number of aromatic amines is 1. The molecule has 0 fully saturated rings. The maximum Gasteiger partial charge on any atom is 0.291 e. The lowest BCUT2D eigenvalue weighted by molar-refractivity contribution is 0.0940. The number of aryl methyl sites for hydroxylation is 1. The number of H-pyrrole nitrogens is 1. The van der Waals surface area contributed by atoms with Crippen LogP contribution in [0.3, 0.4) is 0 Å². The van der Waals surface area contributed by atoms with Crippen molar-refractivity contribution in [3.63, 3.8) is 0 Å². The molecule has 1 aromatic carbocycles. The van der Waals surface area contributed by atoms with Crippen LogP contribution in [0.25, 0.3) is 0 Å². The average molecular weight is 290 g/mol. The molecule has 112 valence electrons. The molecule has 21 heavy (non-hydrogen) atoms. The van der Waals surface area contributed by atoms with Crippen molar-refractivity contribution in [2.75, 3.05) is 14.2 Å². The molecule has 7 heteroatoms. The molecule has 0 bridgehead atoms. The van der Waals surface area contributed by atoms with Crippen molar-refractivity contribution in [2.24, 2.45) is 0 Å². The van der Waals surface area contributed by atoms with E-state index in [-0.39, 0.29) is 11.7 Å². The maximum atomic E-state index is 11.9. The maximum absolute atomic E-state index is 11.9. The zero-order chi connectivity index (χ0) is 15.2. The SMILES string of the molecule is CCc1nc(C(=O)NCc2ccc(OC)cc2OC)n[nH]1. The minimum absolute atomic E-state index is 0.138. The third-order valence-corrected chi connectivity index (χ3v) is 3.00. The number of ether oxygens (including phenoxy) is 2. The van der Waals surface area contributed by atoms with Gasteiger partial charge in [0.25, 0.3) is 5.91 Å². The zero-order valence-corrected chi connectivity index (χ0v) is 12.3. The van der Waals surface area contributed by atoms with E-state index < -0.39 is 0 Å². The van der Waals surface area contributed by atoms with Crippen LogP contribution in [-0.4, -0.2) is 35.3 Å². The Balaban J connectivity index is 2.03. The first-order valence-electron chi connectivity index (χ1n) is 6.58. The van der Waals surface area contributed by atoms with Crippen LogP contribution in [0.5, 0.6) is 11.5 Å². The highest BCUT2D eigenvalue weighted by molar-refractivity contribution is 5.90. The van der Waals surface area contributed by atoms with E-state index >= 15 is 0 Å². The van der Waals surface area contributed by atoms with Gasteiger partial charge in [-0.1, -0.05) is 6.92 Å². The molecule has 0 aliphatic carbocycles. The van der Waals surface area contributed by atoms with Gasteiger partial charge in [-0.2, -0.15) is 0 Å². The lowest BCUT2D eigenvalue weighted by Crippen LogP contribution is -2.24. The molecule has 0 atom stereocenters. The summed E-state index contributed by atoms with van der Waals surface area (Å²) >= 11 is 0. The van der Waals surface area contributed by atoms with E-state index in [1.54, 1.807) is 20.3 Å². The topological polar surface area (TPSA) is 89.1 Å². The summed E-state index contributed by atoms with van der Waals surface area (Å²) < 4.78 is 10.4. The van der Waals surface area contributed by atoms with Gasteiger partial charge in [-0.3, -0.25) is 9.89 Å². The zero-order valence-electron chi connectivity index (χ0n) is 12.3. The van der Waals surface area contributed by atoms with E-state index in [2.05, 4.69) is 20.5 Å². The molecule has 0 spiro atoms. The van der Waals surface area contributed by atoms with Crippen LogP contribution in [0.15, 0.2) is 18.2 Å². The quantitative estimate of drug-likeness (QED) is 0.837. The van der Waals surface area contributed by atoms with Crippen LogP contribution in [0.4, 0.5) is 0 Å². The molecule has 0 saturated carbocycles. The van der Waals surface area contributed by atoms with E-state index in [0.717, 1.165) is 5.56 Å². The van der Waals surface area contributed by atoms with Crippen molar-refractivity contribution in [3.8, 4) is 11.5 Å². The minimum Gasteiger partial charge on any atom is -0.497 e. The highest BCUT2D eigenvalue weighted by atomic mass is 16.5. The van der Waals surface area contributed by atoms with Crippen molar-refractivity contribution >= 4 is 5.91 Å². The Labute approximate surface area is 122 Å². The third kappa shape index (κ3) is 3.50. The van der Waals surface area contributed by atoms with E-state index in [4.69, 9.17) is 9.47 Å². The standard InChI is InChI=1S/C14H18N4O3/c1-4-12-16-13(18-17-12)14(19)15-8-9-5-6-10(20-2)7-11(9)21-3/h5-7H,4,8H2,1-3H3,(H,15,19)(H,16,17,18). The molecule has 2 rings (SSSR count). The summed E-state index contributed by atoms with van der Waals surface area (Å²) in [7, 11) is 3.16. The van der Waals surface area contributed by atoms with Gasteiger partial charge >= 0.3 is 0 Å². The Morgan fingerprint density at radius 3 is 2.76 bits per heavy atom. The molecule has 1 heterocycles. The predicted octanol–water partition coefficient (Wildman–Crippen LogP) is 1.31.